The van der Waals surface area contributed by atoms with Crippen LogP contribution in [0.3, 0.4) is 0 Å². The average molecular weight is 328 g/mol. The van der Waals surface area contributed by atoms with E-state index in [0.717, 1.165) is 49.7 Å². The monoisotopic (exact) mass is 328 g/mol. The summed E-state index contributed by atoms with van der Waals surface area (Å²) in [5.41, 5.74) is 1.46. The number of hydrogen-bond donors (Lipinski definition) is 0. The maximum atomic E-state index is 12.9. The fourth-order valence-corrected chi connectivity index (χ4v) is 3.26. The Morgan fingerprint density at radius 1 is 1.38 bits per heavy atom. The zero-order valence-electron chi connectivity index (χ0n) is 14.5. The summed E-state index contributed by atoms with van der Waals surface area (Å²) in [7, 11) is 0. The Morgan fingerprint density at radius 3 is 2.75 bits per heavy atom. The Balaban J connectivity index is 1.78. The van der Waals surface area contributed by atoms with Crippen molar-refractivity contribution in [2.45, 2.75) is 39.7 Å². The van der Waals surface area contributed by atoms with Crippen LogP contribution < -0.4 is 4.90 Å². The first-order valence-electron chi connectivity index (χ1n) is 8.59. The first kappa shape index (κ1) is 16.5. The lowest BCUT2D eigenvalue weighted by Gasteiger charge is -2.23. The number of pyridine rings is 1. The molecule has 0 aliphatic carbocycles. The molecule has 3 heterocycles. The number of rotatable bonds is 5. The Kier molecular flexibility index (Phi) is 4.83. The van der Waals surface area contributed by atoms with Crippen molar-refractivity contribution in [2.75, 3.05) is 24.5 Å². The van der Waals surface area contributed by atoms with E-state index in [1.54, 1.807) is 6.20 Å². The highest BCUT2D eigenvalue weighted by Crippen LogP contribution is 2.33. The van der Waals surface area contributed by atoms with E-state index in [4.69, 9.17) is 4.52 Å². The molecule has 2 aromatic rings. The van der Waals surface area contributed by atoms with E-state index in [9.17, 15) is 4.79 Å². The number of anilines is 1. The van der Waals surface area contributed by atoms with Crippen LogP contribution in [0.15, 0.2) is 28.9 Å². The molecular formula is C18H24N4O2. The largest absolute Gasteiger partial charge is 0.359 e. The van der Waals surface area contributed by atoms with Crippen molar-refractivity contribution >= 4 is 11.7 Å². The summed E-state index contributed by atoms with van der Waals surface area (Å²) in [5, 5.41) is 3.95. The van der Waals surface area contributed by atoms with Crippen LogP contribution in [0.25, 0.3) is 0 Å². The lowest BCUT2D eigenvalue weighted by atomic mass is 10.1. The molecule has 1 atom stereocenters. The average Bonchev–Trinajstić information content (AvgIpc) is 3.24. The van der Waals surface area contributed by atoms with Gasteiger partial charge in [-0.15, -0.1) is 0 Å². The SMILES string of the molecule is CCN(CC)c1ccc(C(=O)N2CCC[C@H]2c2cc(C)no2)cn1. The number of carbonyl (C=O) groups excluding carboxylic acids is 1. The van der Waals surface area contributed by atoms with Crippen LogP contribution in [-0.4, -0.2) is 40.6 Å². The summed E-state index contributed by atoms with van der Waals surface area (Å²) in [5.74, 6) is 1.68. The highest BCUT2D eigenvalue weighted by atomic mass is 16.5. The third-order valence-corrected chi connectivity index (χ3v) is 4.57. The van der Waals surface area contributed by atoms with Crippen molar-refractivity contribution in [1.29, 1.82) is 0 Å². The highest BCUT2D eigenvalue weighted by molar-refractivity contribution is 5.94. The molecule has 0 N–H and O–H groups in total. The molecule has 0 spiro atoms. The molecule has 0 unspecified atom stereocenters. The molecule has 6 heteroatoms. The van der Waals surface area contributed by atoms with Crippen molar-refractivity contribution in [3.8, 4) is 0 Å². The van der Waals surface area contributed by atoms with Crippen LogP contribution in [0.4, 0.5) is 5.82 Å². The second-order valence-corrected chi connectivity index (χ2v) is 6.10. The van der Waals surface area contributed by atoms with Gasteiger partial charge in [0.25, 0.3) is 5.91 Å². The first-order valence-corrected chi connectivity index (χ1v) is 8.59. The molecule has 3 rings (SSSR count). The number of aryl methyl sites for hydroxylation is 1. The molecule has 1 fully saturated rings. The van der Waals surface area contributed by atoms with E-state index in [1.165, 1.54) is 0 Å². The Hall–Kier alpha value is -2.37. The van der Waals surface area contributed by atoms with Crippen LogP contribution in [-0.2, 0) is 0 Å². The Morgan fingerprint density at radius 2 is 2.17 bits per heavy atom. The van der Waals surface area contributed by atoms with Gasteiger partial charge in [-0.2, -0.15) is 0 Å². The standard InChI is InChI=1S/C18H24N4O2/c1-4-21(5-2)17-9-8-14(12-19-17)18(23)22-10-6-7-15(22)16-11-13(3)20-24-16/h8-9,11-12,15H,4-7,10H2,1-3H3/t15-/m0/s1. The molecule has 6 nitrogen and oxygen atoms in total. The Bertz CT molecular complexity index is 691. The number of amides is 1. The van der Waals surface area contributed by atoms with E-state index in [-0.39, 0.29) is 11.9 Å². The summed E-state index contributed by atoms with van der Waals surface area (Å²) < 4.78 is 5.38. The van der Waals surface area contributed by atoms with Gasteiger partial charge in [-0.3, -0.25) is 4.79 Å². The van der Waals surface area contributed by atoms with Crippen LogP contribution in [0.5, 0.6) is 0 Å². The van der Waals surface area contributed by atoms with E-state index in [0.29, 0.717) is 5.56 Å². The van der Waals surface area contributed by atoms with Gasteiger partial charge in [-0.1, -0.05) is 5.16 Å². The maximum absolute atomic E-state index is 12.9. The smallest absolute Gasteiger partial charge is 0.256 e. The van der Waals surface area contributed by atoms with Gasteiger partial charge in [0, 0.05) is 31.9 Å². The molecule has 1 aliphatic heterocycles. The number of likely N-dealkylation sites (tertiary alicyclic amines) is 1. The third kappa shape index (κ3) is 3.13. The lowest BCUT2D eigenvalue weighted by molar-refractivity contribution is 0.0714. The molecule has 24 heavy (non-hydrogen) atoms. The van der Waals surface area contributed by atoms with E-state index in [1.807, 2.05) is 30.0 Å². The zero-order valence-corrected chi connectivity index (χ0v) is 14.5. The fraction of sp³-hybridized carbons (Fsp3) is 0.500. The minimum Gasteiger partial charge on any atom is -0.359 e. The predicted octanol–water partition coefficient (Wildman–Crippen LogP) is 3.20. The van der Waals surface area contributed by atoms with Crippen LogP contribution >= 0.6 is 0 Å². The van der Waals surface area contributed by atoms with Crippen molar-refractivity contribution in [3.63, 3.8) is 0 Å². The number of hydrogen-bond acceptors (Lipinski definition) is 5. The highest BCUT2D eigenvalue weighted by Gasteiger charge is 2.33. The molecule has 0 bridgehead atoms. The summed E-state index contributed by atoms with van der Waals surface area (Å²) in [4.78, 5) is 21.4. The number of carbonyl (C=O) groups is 1. The van der Waals surface area contributed by atoms with Crippen molar-refractivity contribution < 1.29 is 9.32 Å². The number of aromatic nitrogens is 2. The van der Waals surface area contributed by atoms with Crippen molar-refractivity contribution in [1.82, 2.24) is 15.0 Å². The maximum Gasteiger partial charge on any atom is 0.256 e. The van der Waals surface area contributed by atoms with Crippen LogP contribution in [0.2, 0.25) is 0 Å². The summed E-state index contributed by atoms with van der Waals surface area (Å²) in [6.07, 6.45) is 3.56. The summed E-state index contributed by atoms with van der Waals surface area (Å²) in [6, 6.07) is 5.67. The zero-order chi connectivity index (χ0) is 17.1. The molecule has 2 aromatic heterocycles. The molecule has 1 aliphatic rings. The van der Waals surface area contributed by atoms with E-state index in [2.05, 4.69) is 28.9 Å². The van der Waals surface area contributed by atoms with Gasteiger partial charge in [-0.25, -0.2) is 4.98 Å². The van der Waals surface area contributed by atoms with Gasteiger partial charge in [-0.05, 0) is 45.7 Å². The normalized spacial score (nSPS) is 17.3. The molecule has 0 aromatic carbocycles. The lowest BCUT2D eigenvalue weighted by Crippen LogP contribution is -2.30. The molecule has 0 saturated carbocycles. The quantitative estimate of drug-likeness (QED) is 0.843. The second-order valence-electron chi connectivity index (χ2n) is 6.10. The minimum atomic E-state index is -0.0267. The molecular weight excluding hydrogens is 304 g/mol. The first-order chi connectivity index (χ1) is 11.6. The van der Waals surface area contributed by atoms with Crippen molar-refractivity contribution in [3.05, 3.63) is 41.4 Å². The fourth-order valence-electron chi connectivity index (χ4n) is 3.26. The van der Waals surface area contributed by atoms with Gasteiger partial charge in [0.05, 0.1) is 17.3 Å². The van der Waals surface area contributed by atoms with Crippen LogP contribution in [0.1, 0.15) is 54.5 Å². The van der Waals surface area contributed by atoms with Crippen molar-refractivity contribution in [2.24, 2.45) is 0 Å². The Labute approximate surface area is 142 Å². The predicted molar refractivity (Wildman–Crippen MR) is 92.0 cm³/mol. The summed E-state index contributed by atoms with van der Waals surface area (Å²) in [6.45, 7) is 8.62. The molecule has 128 valence electrons. The van der Waals surface area contributed by atoms with Gasteiger partial charge < -0.3 is 14.3 Å². The summed E-state index contributed by atoms with van der Waals surface area (Å²) >= 11 is 0. The second kappa shape index (κ2) is 7.03. The van der Waals surface area contributed by atoms with Gasteiger partial charge in [0.2, 0.25) is 0 Å². The van der Waals surface area contributed by atoms with Gasteiger partial charge in [0.1, 0.15) is 5.82 Å². The topological polar surface area (TPSA) is 62.5 Å². The van der Waals surface area contributed by atoms with Crippen LogP contribution in [0, 0.1) is 6.92 Å². The van der Waals surface area contributed by atoms with Gasteiger partial charge >= 0.3 is 0 Å². The minimum absolute atomic E-state index is 0.00477. The van der Waals surface area contributed by atoms with E-state index >= 15 is 0 Å². The number of nitrogens with zero attached hydrogens (tertiary/aromatic N) is 4. The third-order valence-electron chi connectivity index (χ3n) is 4.57. The van der Waals surface area contributed by atoms with E-state index < -0.39 is 0 Å². The molecule has 1 saturated heterocycles. The molecule has 1 amide bonds. The van der Waals surface area contributed by atoms with Gasteiger partial charge in [0.15, 0.2) is 5.76 Å². The molecule has 0 radical (unpaired) electrons.